The quantitative estimate of drug-likeness (QED) is 0.207. The van der Waals surface area contributed by atoms with Gasteiger partial charge in [0.15, 0.2) is 5.82 Å². The standard InChI is InChI=1S/C38H42F4N8O3/c39-24-17-38(11-4-13-48(38)19-24)23-53-37-45-34-30(18-44-33(32(34)40)28-5-1-2-6-29(28)35(41)42)36(46-37)47-15-16-50(25(20-47)10-12-43)31(51)7-3-14-49-26-8-9-27(49)22-52-21-26/h1-3,5-7,18,24-27,35H,4,8-11,13-17,19-23H2/b7-3+/t24-,25+,26-,27+,38+/m1/s1. The zero-order valence-electron chi connectivity index (χ0n) is 29.3. The monoisotopic (exact) mass is 734 g/mol. The van der Waals surface area contributed by atoms with E-state index in [0.717, 1.165) is 32.2 Å². The summed E-state index contributed by atoms with van der Waals surface area (Å²) < 4.78 is 71.0. The van der Waals surface area contributed by atoms with Gasteiger partial charge >= 0.3 is 6.01 Å². The van der Waals surface area contributed by atoms with Gasteiger partial charge in [-0.2, -0.15) is 15.2 Å². The van der Waals surface area contributed by atoms with Crippen LogP contribution >= 0.6 is 0 Å². The third-order valence-electron chi connectivity index (χ3n) is 11.7. The van der Waals surface area contributed by atoms with Gasteiger partial charge in [0, 0.05) is 74.6 Å². The summed E-state index contributed by atoms with van der Waals surface area (Å²) in [5.74, 6) is -0.815. The molecule has 0 N–H and O–H groups in total. The Morgan fingerprint density at radius 1 is 1.13 bits per heavy atom. The molecule has 0 saturated carbocycles. The van der Waals surface area contributed by atoms with E-state index in [9.17, 15) is 23.2 Å². The predicted octanol–water partition coefficient (Wildman–Crippen LogP) is 5.07. The number of carbonyl (C=O) groups excluding carboxylic acids is 1. The van der Waals surface area contributed by atoms with E-state index >= 15 is 4.39 Å². The molecule has 0 radical (unpaired) electrons. The van der Waals surface area contributed by atoms with Crippen LogP contribution in [0, 0.1) is 17.1 Å². The summed E-state index contributed by atoms with van der Waals surface area (Å²) in [6.45, 7) is 4.03. The lowest BCUT2D eigenvalue weighted by Crippen LogP contribution is -2.55. The largest absolute Gasteiger partial charge is 0.461 e. The first kappa shape index (κ1) is 35.6. The number of nitriles is 1. The first-order valence-electron chi connectivity index (χ1n) is 18.4. The predicted molar refractivity (Wildman–Crippen MR) is 188 cm³/mol. The van der Waals surface area contributed by atoms with Crippen LogP contribution in [0.25, 0.3) is 22.2 Å². The fraction of sp³-hybridized carbons (Fsp3) is 0.553. The first-order valence-corrected chi connectivity index (χ1v) is 18.4. The molecule has 5 aliphatic rings. The Hall–Kier alpha value is -4.39. The topological polar surface area (TPSA) is 111 Å². The summed E-state index contributed by atoms with van der Waals surface area (Å²) in [4.78, 5) is 35.0. The van der Waals surface area contributed by atoms with Crippen molar-refractivity contribution in [3.8, 4) is 23.3 Å². The van der Waals surface area contributed by atoms with E-state index in [1.165, 1.54) is 30.5 Å². The number of morpholine rings is 1. The number of rotatable bonds is 10. The molecule has 5 aliphatic heterocycles. The number of benzene rings is 1. The number of fused-ring (bicyclic) bond motifs is 4. The molecule has 3 aromatic rings. The molecule has 0 aliphatic carbocycles. The molecule has 11 nitrogen and oxygen atoms in total. The summed E-state index contributed by atoms with van der Waals surface area (Å²) in [5, 5.41) is 10.0. The van der Waals surface area contributed by atoms with Gasteiger partial charge in [0.1, 0.15) is 29.8 Å². The van der Waals surface area contributed by atoms with Crippen LogP contribution in [0.4, 0.5) is 23.4 Å². The van der Waals surface area contributed by atoms with Crippen LogP contribution in [0.2, 0.25) is 0 Å². The summed E-state index contributed by atoms with van der Waals surface area (Å²) >= 11 is 0. The maximum absolute atomic E-state index is 16.6. The van der Waals surface area contributed by atoms with Gasteiger partial charge in [0.25, 0.3) is 6.43 Å². The van der Waals surface area contributed by atoms with E-state index in [1.54, 1.807) is 11.0 Å². The van der Waals surface area contributed by atoms with Crippen LogP contribution < -0.4 is 9.64 Å². The normalized spacial score (nSPS) is 27.6. The summed E-state index contributed by atoms with van der Waals surface area (Å²) in [6, 6.07) is 7.92. The Kier molecular flexibility index (Phi) is 9.95. The fourth-order valence-electron chi connectivity index (χ4n) is 9.07. The molecule has 7 heterocycles. The van der Waals surface area contributed by atoms with Crippen LogP contribution in [-0.2, 0) is 9.53 Å². The van der Waals surface area contributed by atoms with Crippen LogP contribution in [0.5, 0.6) is 6.01 Å². The molecule has 5 atom stereocenters. The highest BCUT2D eigenvalue weighted by Crippen LogP contribution is 2.41. The average molecular weight is 735 g/mol. The minimum Gasteiger partial charge on any atom is -0.461 e. The number of anilines is 1. The second kappa shape index (κ2) is 14.8. The van der Waals surface area contributed by atoms with Gasteiger partial charge in [-0.3, -0.25) is 19.6 Å². The Morgan fingerprint density at radius 2 is 1.94 bits per heavy atom. The van der Waals surface area contributed by atoms with Gasteiger partial charge in [-0.15, -0.1) is 0 Å². The van der Waals surface area contributed by atoms with Crippen LogP contribution in [0.1, 0.15) is 50.5 Å². The minimum absolute atomic E-state index is 0.0551. The summed E-state index contributed by atoms with van der Waals surface area (Å²) in [7, 11) is 0. The number of carbonyl (C=O) groups is 1. The van der Waals surface area contributed by atoms with E-state index in [-0.39, 0.29) is 71.6 Å². The molecule has 0 spiro atoms. The first-order chi connectivity index (χ1) is 25.7. The maximum Gasteiger partial charge on any atom is 0.319 e. The van der Waals surface area contributed by atoms with Crippen molar-refractivity contribution in [2.75, 3.05) is 64.0 Å². The van der Waals surface area contributed by atoms with Gasteiger partial charge < -0.3 is 19.3 Å². The number of ether oxygens (including phenoxy) is 2. The van der Waals surface area contributed by atoms with Gasteiger partial charge in [-0.25, -0.2) is 17.6 Å². The zero-order valence-corrected chi connectivity index (χ0v) is 29.3. The molecule has 1 aromatic carbocycles. The van der Waals surface area contributed by atoms with Crippen molar-refractivity contribution in [2.24, 2.45) is 0 Å². The number of aromatic nitrogens is 3. The van der Waals surface area contributed by atoms with Crippen molar-refractivity contribution >= 4 is 22.6 Å². The second-order valence-corrected chi connectivity index (χ2v) is 14.8. The zero-order chi connectivity index (χ0) is 36.7. The Morgan fingerprint density at radius 3 is 2.74 bits per heavy atom. The van der Waals surface area contributed by atoms with Crippen molar-refractivity contribution in [3.05, 3.63) is 54.0 Å². The number of pyridine rings is 1. The van der Waals surface area contributed by atoms with Crippen molar-refractivity contribution in [1.29, 1.82) is 5.26 Å². The maximum atomic E-state index is 16.6. The lowest BCUT2D eigenvalue weighted by molar-refractivity contribution is -0.128. The highest BCUT2D eigenvalue weighted by molar-refractivity contribution is 5.93. The van der Waals surface area contributed by atoms with E-state index in [2.05, 4.69) is 25.8 Å². The molecule has 1 amide bonds. The van der Waals surface area contributed by atoms with Crippen molar-refractivity contribution in [3.63, 3.8) is 0 Å². The third kappa shape index (κ3) is 6.81. The SMILES string of the molecule is N#CC[C@H]1CN(c2nc(OC[C@@]34CCCN3C[C@H](F)C4)nc3c(F)c(-c4ccccc4C(F)F)ncc23)CCN1C(=O)/C=C/CN1[C@@H]2CC[C@H]1COC2. The van der Waals surface area contributed by atoms with Crippen molar-refractivity contribution in [1.82, 2.24) is 29.7 Å². The number of amides is 1. The van der Waals surface area contributed by atoms with Crippen LogP contribution in [-0.4, -0.2) is 124 Å². The Balaban J connectivity index is 1.09. The van der Waals surface area contributed by atoms with Crippen LogP contribution in [0.15, 0.2) is 42.6 Å². The number of hydrogen-bond acceptors (Lipinski definition) is 10. The number of nitrogens with zero attached hydrogens (tertiary/aromatic N) is 8. The van der Waals surface area contributed by atoms with Gasteiger partial charge in [-0.05, 0) is 32.2 Å². The second-order valence-electron chi connectivity index (χ2n) is 14.8. The summed E-state index contributed by atoms with van der Waals surface area (Å²) in [6.07, 6.45) is 5.19. The lowest BCUT2D eigenvalue weighted by atomic mass is 9.95. The van der Waals surface area contributed by atoms with Gasteiger partial charge in [-0.1, -0.05) is 30.3 Å². The van der Waals surface area contributed by atoms with Crippen molar-refractivity contribution < 1.29 is 31.8 Å². The Bertz CT molecular complexity index is 1910. The molecular weight excluding hydrogens is 692 g/mol. The molecule has 5 fully saturated rings. The third-order valence-corrected chi connectivity index (χ3v) is 11.7. The highest BCUT2D eigenvalue weighted by atomic mass is 19.3. The highest BCUT2D eigenvalue weighted by Gasteiger charge is 2.49. The number of alkyl halides is 3. The van der Waals surface area contributed by atoms with E-state index in [1.807, 2.05) is 11.0 Å². The van der Waals surface area contributed by atoms with Crippen LogP contribution in [0.3, 0.4) is 0 Å². The Labute approximate surface area is 305 Å². The van der Waals surface area contributed by atoms with E-state index in [0.29, 0.717) is 51.4 Å². The number of piperazine rings is 1. The molecular formula is C38H42F4N8O3. The molecule has 5 saturated heterocycles. The van der Waals surface area contributed by atoms with E-state index < -0.39 is 30.0 Å². The summed E-state index contributed by atoms with van der Waals surface area (Å²) in [5.41, 5.74) is -1.38. The van der Waals surface area contributed by atoms with E-state index in [4.69, 9.17) is 14.5 Å². The minimum atomic E-state index is -2.86. The smallest absolute Gasteiger partial charge is 0.319 e. The van der Waals surface area contributed by atoms with Gasteiger partial charge in [0.2, 0.25) is 5.91 Å². The molecule has 0 unspecified atom stereocenters. The lowest BCUT2D eigenvalue weighted by Gasteiger charge is -2.41. The van der Waals surface area contributed by atoms with Crippen molar-refractivity contribution in [2.45, 2.75) is 74.8 Å². The van der Waals surface area contributed by atoms with Gasteiger partial charge in [0.05, 0.1) is 42.7 Å². The molecule has 2 bridgehead atoms. The number of halogens is 4. The molecule has 15 heteroatoms. The molecule has 53 heavy (non-hydrogen) atoms. The molecule has 8 rings (SSSR count). The average Bonchev–Trinajstić information content (AvgIpc) is 3.75. The fourth-order valence-corrected chi connectivity index (χ4v) is 9.07. The number of hydrogen-bond donors (Lipinski definition) is 0. The molecule has 2 aromatic heterocycles. The molecule has 280 valence electrons.